The fraction of sp³-hybridized carbons (Fsp3) is 0.143. The van der Waals surface area contributed by atoms with Gasteiger partial charge in [-0.05, 0) is 35.4 Å². The lowest BCUT2D eigenvalue weighted by Gasteiger charge is -2.15. The van der Waals surface area contributed by atoms with Gasteiger partial charge in [0.05, 0.1) is 11.4 Å². The molecule has 2 N–H and O–H groups in total. The molecule has 0 saturated heterocycles. The van der Waals surface area contributed by atoms with Gasteiger partial charge >= 0.3 is 0 Å². The monoisotopic (exact) mass is 424 g/mol. The van der Waals surface area contributed by atoms with E-state index in [0.717, 1.165) is 47.1 Å². The molecule has 0 unspecified atom stereocenters. The predicted molar refractivity (Wildman–Crippen MR) is 131 cm³/mol. The van der Waals surface area contributed by atoms with Gasteiger partial charge in [-0.3, -0.25) is 0 Å². The molecule has 0 spiro atoms. The van der Waals surface area contributed by atoms with E-state index < -0.39 is 0 Å². The zero-order chi connectivity index (χ0) is 21.8. The molecule has 0 amide bonds. The Morgan fingerprint density at radius 1 is 0.438 bits per heavy atom. The van der Waals surface area contributed by atoms with Gasteiger partial charge < -0.3 is 20.1 Å². The highest BCUT2D eigenvalue weighted by atomic mass is 16.5. The number of anilines is 2. The molecule has 0 radical (unpaired) electrons. The first-order valence-corrected chi connectivity index (χ1v) is 10.9. The average Bonchev–Trinajstić information content (AvgIpc) is 2.86. The molecular formula is C28H28N2O2. The lowest BCUT2D eigenvalue weighted by atomic mass is 10.2. The second kappa shape index (κ2) is 11.5. The molecule has 4 aromatic carbocycles. The van der Waals surface area contributed by atoms with Gasteiger partial charge in [0.1, 0.15) is 24.7 Å². The number of benzene rings is 4. The number of nitrogens with one attached hydrogen (secondary N) is 2. The Morgan fingerprint density at radius 3 is 1.25 bits per heavy atom. The van der Waals surface area contributed by atoms with E-state index in [0.29, 0.717) is 13.2 Å². The summed E-state index contributed by atoms with van der Waals surface area (Å²) in [7, 11) is 0. The summed E-state index contributed by atoms with van der Waals surface area (Å²) in [4.78, 5) is 0. The second-order valence-electron chi connectivity index (χ2n) is 7.39. The molecule has 0 atom stereocenters. The van der Waals surface area contributed by atoms with E-state index in [1.165, 1.54) is 0 Å². The Bertz CT molecular complexity index is 996. The standard InChI is InChI=1S/C28H28N2O2/c1-3-11-23(12-4-1)21-31-27-17-9-7-15-25(27)29-19-20-30-26-16-8-10-18-28(26)32-22-24-13-5-2-6-14-24/h1-18,29-30H,19-22H2. The summed E-state index contributed by atoms with van der Waals surface area (Å²) in [5.41, 5.74) is 4.27. The molecule has 4 aromatic rings. The number of ether oxygens (including phenoxy) is 2. The molecule has 0 heterocycles. The molecule has 0 bridgehead atoms. The minimum atomic E-state index is 0.546. The van der Waals surface area contributed by atoms with Crippen LogP contribution in [-0.2, 0) is 13.2 Å². The van der Waals surface area contributed by atoms with Gasteiger partial charge in [0, 0.05) is 13.1 Å². The molecule has 0 saturated carbocycles. The minimum Gasteiger partial charge on any atom is -0.487 e. The van der Waals surface area contributed by atoms with Crippen molar-refractivity contribution in [3.05, 3.63) is 120 Å². The Hall–Kier alpha value is -3.92. The van der Waals surface area contributed by atoms with Crippen molar-refractivity contribution in [2.45, 2.75) is 13.2 Å². The van der Waals surface area contributed by atoms with Crippen LogP contribution < -0.4 is 20.1 Å². The highest BCUT2D eigenvalue weighted by molar-refractivity contribution is 5.58. The van der Waals surface area contributed by atoms with E-state index >= 15 is 0 Å². The van der Waals surface area contributed by atoms with Gasteiger partial charge in [-0.1, -0.05) is 84.9 Å². The SMILES string of the molecule is c1ccc(COc2ccccc2NCCNc2ccccc2OCc2ccccc2)cc1. The molecule has 32 heavy (non-hydrogen) atoms. The third kappa shape index (κ3) is 6.29. The van der Waals surface area contributed by atoms with Crippen LogP contribution in [0.25, 0.3) is 0 Å². The molecule has 4 nitrogen and oxygen atoms in total. The summed E-state index contributed by atoms with van der Waals surface area (Å²) in [6, 6.07) is 36.4. The van der Waals surface area contributed by atoms with Crippen molar-refractivity contribution in [2.75, 3.05) is 23.7 Å². The van der Waals surface area contributed by atoms with Gasteiger partial charge in [-0.15, -0.1) is 0 Å². The highest BCUT2D eigenvalue weighted by Gasteiger charge is 2.05. The van der Waals surface area contributed by atoms with Crippen molar-refractivity contribution >= 4 is 11.4 Å². The Kier molecular flexibility index (Phi) is 7.64. The van der Waals surface area contributed by atoms with Crippen molar-refractivity contribution in [3.63, 3.8) is 0 Å². The number of hydrogen-bond donors (Lipinski definition) is 2. The minimum absolute atomic E-state index is 0.546. The topological polar surface area (TPSA) is 42.5 Å². The van der Waals surface area contributed by atoms with E-state index in [9.17, 15) is 0 Å². The van der Waals surface area contributed by atoms with Gasteiger partial charge in [-0.25, -0.2) is 0 Å². The van der Waals surface area contributed by atoms with Crippen LogP contribution in [0.1, 0.15) is 11.1 Å². The van der Waals surface area contributed by atoms with Crippen molar-refractivity contribution in [2.24, 2.45) is 0 Å². The van der Waals surface area contributed by atoms with E-state index in [4.69, 9.17) is 9.47 Å². The average molecular weight is 425 g/mol. The Morgan fingerprint density at radius 2 is 0.812 bits per heavy atom. The summed E-state index contributed by atoms with van der Waals surface area (Å²) >= 11 is 0. The summed E-state index contributed by atoms with van der Waals surface area (Å²) < 4.78 is 12.1. The maximum Gasteiger partial charge on any atom is 0.142 e. The van der Waals surface area contributed by atoms with E-state index in [1.54, 1.807) is 0 Å². The normalized spacial score (nSPS) is 10.4. The van der Waals surface area contributed by atoms with Crippen LogP contribution in [0, 0.1) is 0 Å². The van der Waals surface area contributed by atoms with Crippen molar-refractivity contribution < 1.29 is 9.47 Å². The third-order valence-electron chi connectivity index (χ3n) is 5.00. The molecule has 0 fully saturated rings. The van der Waals surface area contributed by atoms with Crippen LogP contribution in [0.2, 0.25) is 0 Å². The maximum absolute atomic E-state index is 6.03. The Balaban J connectivity index is 1.28. The quantitative estimate of drug-likeness (QED) is 0.275. The van der Waals surface area contributed by atoms with E-state index in [2.05, 4.69) is 34.9 Å². The number of para-hydroxylation sites is 4. The lowest BCUT2D eigenvalue weighted by molar-refractivity contribution is 0.307. The summed E-state index contributed by atoms with van der Waals surface area (Å²) in [5.74, 6) is 1.70. The number of hydrogen-bond acceptors (Lipinski definition) is 4. The summed E-state index contributed by atoms with van der Waals surface area (Å²) in [6.45, 7) is 2.59. The predicted octanol–water partition coefficient (Wildman–Crippen LogP) is 6.37. The van der Waals surface area contributed by atoms with E-state index in [-0.39, 0.29) is 0 Å². The van der Waals surface area contributed by atoms with Crippen molar-refractivity contribution in [3.8, 4) is 11.5 Å². The fourth-order valence-electron chi connectivity index (χ4n) is 3.34. The molecule has 0 aliphatic carbocycles. The van der Waals surface area contributed by atoms with Gasteiger partial charge in [0.15, 0.2) is 0 Å². The molecule has 4 heteroatoms. The lowest BCUT2D eigenvalue weighted by Crippen LogP contribution is -2.15. The number of rotatable bonds is 11. The smallest absolute Gasteiger partial charge is 0.142 e. The summed E-state index contributed by atoms with van der Waals surface area (Å²) in [6.07, 6.45) is 0. The van der Waals surface area contributed by atoms with Crippen LogP contribution in [0.3, 0.4) is 0 Å². The van der Waals surface area contributed by atoms with Crippen molar-refractivity contribution in [1.82, 2.24) is 0 Å². The Labute approximate surface area is 189 Å². The van der Waals surface area contributed by atoms with Crippen molar-refractivity contribution in [1.29, 1.82) is 0 Å². The van der Waals surface area contributed by atoms with Gasteiger partial charge in [-0.2, -0.15) is 0 Å². The second-order valence-corrected chi connectivity index (χ2v) is 7.39. The fourth-order valence-corrected chi connectivity index (χ4v) is 3.34. The van der Waals surface area contributed by atoms with Crippen LogP contribution >= 0.6 is 0 Å². The van der Waals surface area contributed by atoms with Crippen LogP contribution in [0.15, 0.2) is 109 Å². The van der Waals surface area contributed by atoms with Crippen LogP contribution in [0.5, 0.6) is 11.5 Å². The summed E-state index contributed by atoms with van der Waals surface area (Å²) in [5, 5.41) is 6.94. The first kappa shape index (κ1) is 21.3. The molecule has 0 aliphatic rings. The highest BCUT2D eigenvalue weighted by Crippen LogP contribution is 2.26. The van der Waals surface area contributed by atoms with Crippen LogP contribution in [-0.4, -0.2) is 13.1 Å². The first-order valence-electron chi connectivity index (χ1n) is 10.9. The zero-order valence-corrected chi connectivity index (χ0v) is 18.0. The molecule has 0 aliphatic heterocycles. The van der Waals surface area contributed by atoms with Gasteiger partial charge in [0.25, 0.3) is 0 Å². The third-order valence-corrected chi connectivity index (χ3v) is 5.00. The first-order chi connectivity index (χ1) is 15.9. The van der Waals surface area contributed by atoms with Crippen LogP contribution in [0.4, 0.5) is 11.4 Å². The maximum atomic E-state index is 6.03. The molecule has 162 valence electrons. The van der Waals surface area contributed by atoms with Gasteiger partial charge in [0.2, 0.25) is 0 Å². The molecule has 4 rings (SSSR count). The van der Waals surface area contributed by atoms with E-state index in [1.807, 2.05) is 84.9 Å². The zero-order valence-electron chi connectivity index (χ0n) is 18.0. The largest absolute Gasteiger partial charge is 0.487 e. The molecular weight excluding hydrogens is 396 g/mol. The molecule has 0 aromatic heterocycles.